The van der Waals surface area contributed by atoms with Crippen molar-refractivity contribution in [1.29, 1.82) is 0 Å². The molecule has 22 heavy (non-hydrogen) atoms. The van der Waals surface area contributed by atoms with Crippen LogP contribution in [0.2, 0.25) is 0 Å². The maximum absolute atomic E-state index is 12.2. The molecule has 4 heteroatoms. The van der Waals surface area contributed by atoms with Crippen molar-refractivity contribution in [2.75, 3.05) is 6.54 Å². The molecule has 2 rings (SSSR count). The molecule has 3 nitrogen and oxygen atoms in total. The third kappa shape index (κ3) is 4.26. The minimum atomic E-state index is -0.568. The number of carbonyl (C=O) groups excluding carboxylic acids is 1. The minimum absolute atomic E-state index is 0.0968. The summed E-state index contributed by atoms with van der Waals surface area (Å²) < 4.78 is 0. The van der Waals surface area contributed by atoms with Gasteiger partial charge in [0.05, 0.1) is 6.10 Å². The number of benzene rings is 1. The van der Waals surface area contributed by atoms with E-state index < -0.39 is 6.10 Å². The monoisotopic (exact) mass is 317 g/mol. The minimum Gasteiger partial charge on any atom is -0.387 e. The number of aliphatic hydroxyl groups is 1. The van der Waals surface area contributed by atoms with Gasteiger partial charge in [0.25, 0.3) is 0 Å². The van der Waals surface area contributed by atoms with Crippen molar-refractivity contribution in [3.05, 3.63) is 57.3 Å². The van der Waals surface area contributed by atoms with Crippen LogP contribution in [0.1, 0.15) is 45.1 Å². The summed E-state index contributed by atoms with van der Waals surface area (Å²) in [6.45, 7) is 6.51. The van der Waals surface area contributed by atoms with Gasteiger partial charge in [0.15, 0.2) is 5.78 Å². The second-order valence-corrected chi connectivity index (χ2v) is 7.06. The Morgan fingerprint density at radius 1 is 1.27 bits per heavy atom. The van der Waals surface area contributed by atoms with Crippen molar-refractivity contribution in [1.82, 2.24) is 5.32 Å². The van der Waals surface area contributed by atoms with E-state index in [0.717, 1.165) is 16.0 Å². The zero-order chi connectivity index (χ0) is 16.1. The van der Waals surface area contributed by atoms with Crippen molar-refractivity contribution in [3.63, 3.8) is 0 Å². The molecule has 2 aromatic rings. The summed E-state index contributed by atoms with van der Waals surface area (Å²) in [5.41, 5.74) is 1.72. The van der Waals surface area contributed by atoms with Crippen molar-refractivity contribution in [2.24, 2.45) is 0 Å². The number of aryl methyl sites for hydroxylation is 2. The van der Waals surface area contributed by atoms with Gasteiger partial charge in [0.2, 0.25) is 0 Å². The first kappa shape index (κ1) is 16.9. The Bertz CT molecular complexity index is 621. The van der Waals surface area contributed by atoms with Gasteiger partial charge in [-0.2, -0.15) is 0 Å². The number of hydrogen-bond donors (Lipinski definition) is 2. The number of carbonyl (C=O) groups is 1. The Morgan fingerprint density at radius 3 is 2.55 bits per heavy atom. The molecular weight excluding hydrogens is 294 g/mol. The maximum atomic E-state index is 12.2. The molecule has 1 aromatic heterocycles. The molecule has 0 radical (unpaired) electrons. The molecule has 0 saturated carbocycles. The smallest absolute Gasteiger partial charge is 0.165 e. The van der Waals surface area contributed by atoms with Crippen molar-refractivity contribution < 1.29 is 9.90 Å². The fourth-order valence-corrected chi connectivity index (χ4v) is 3.45. The van der Waals surface area contributed by atoms with Crippen LogP contribution >= 0.6 is 11.3 Å². The normalized spacial score (nSPS) is 13.8. The van der Waals surface area contributed by atoms with E-state index in [1.165, 1.54) is 4.88 Å². The molecule has 0 saturated heterocycles. The molecule has 0 bridgehead atoms. The summed E-state index contributed by atoms with van der Waals surface area (Å²) in [5, 5.41) is 13.5. The van der Waals surface area contributed by atoms with Gasteiger partial charge in [-0.1, -0.05) is 30.3 Å². The fraction of sp³-hybridized carbons (Fsp3) is 0.389. The Hall–Kier alpha value is -1.49. The number of ketones is 1. The van der Waals surface area contributed by atoms with Gasteiger partial charge >= 0.3 is 0 Å². The number of aliphatic hydroxyl groups excluding tert-OH is 1. The highest BCUT2D eigenvalue weighted by molar-refractivity contribution is 7.12. The van der Waals surface area contributed by atoms with E-state index in [4.69, 9.17) is 0 Å². The van der Waals surface area contributed by atoms with Gasteiger partial charge in [0.1, 0.15) is 0 Å². The molecule has 0 aliphatic heterocycles. The topological polar surface area (TPSA) is 49.3 Å². The van der Waals surface area contributed by atoms with Crippen LogP contribution in [0.25, 0.3) is 0 Å². The van der Waals surface area contributed by atoms with Crippen LogP contribution < -0.4 is 5.32 Å². The number of nitrogens with one attached hydrogen (secondary N) is 1. The second-order valence-electron chi connectivity index (χ2n) is 5.60. The molecule has 0 aliphatic carbocycles. The quantitative estimate of drug-likeness (QED) is 0.766. The van der Waals surface area contributed by atoms with Crippen LogP contribution in [-0.2, 0) is 0 Å². The van der Waals surface area contributed by atoms with Gasteiger partial charge in [-0.15, -0.1) is 11.3 Å². The van der Waals surface area contributed by atoms with Crippen LogP contribution in [0.4, 0.5) is 0 Å². The summed E-state index contributed by atoms with van der Waals surface area (Å²) in [6, 6.07) is 11.4. The lowest BCUT2D eigenvalue weighted by atomic mass is 10.0. The molecule has 2 N–H and O–H groups in total. The standard InChI is InChI=1S/C18H23NO2S/c1-12-11-16(14(3)22-12)17(20)9-10-19-13(2)18(21)15-7-5-4-6-8-15/h4-8,11,13,18-19,21H,9-10H2,1-3H3. The summed E-state index contributed by atoms with van der Waals surface area (Å²) >= 11 is 1.66. The van der Waals surface area contributed by atoms with Gasteiger partial charge in [-0.05, 0) is 32.4 Å². The van der Waals surface area contributed by atoms with Gasteiger partial charge in [-0.25, -0.2) is 0 Å². The molecule has 1 heterocycles. The summed E-state index contributed by atoms with van der Waals surface area (Å²) in [5.74, 6) is 0.163. The average Bonchev–Trinajstić information content (AvgIpc) is 2.86. The number of rotatable bonds is 7. The first-order valence-electron chi connectivity index (χ1n) is 7.55. The largest absolute Gasteiger partial charge is 0.387 e. The van der Waals surface area contributed by atoms with Crippen LogP contribution in [0.3, 0.4) is 0 Å². The zero-order valence-electron chi connectivity index (χ0n) is 13.3. The van der Waals surface area contributed by atoms with E-state index in [2.05, 4.69) is 5.32 Å². The van der Waals surface area contributed by atoms with Crippen molar-refractivity contribution >= 4 is 17.1 Å². The molecule has 0 spiro atoms. The lowest BCUT2D eigenvalue weighted by molar-refractivity contribution is 0.0972. The first-order valence-corrected chi connectivity index (χ1v) is 8.37. The summed E-state index contributed by atoms with van der Waals surface area (Å²) in [4.78, 5) is 14.5. The van der Waals surface area contributed by atoms with Gasteiger partial charge < -0.3 is 10.4 Å². The highest BCUT2D eigenvalue weighted by atomic mass is 32.1. The van der Waals surface area contributed by atoms with Crippen molar-refractivity contribution in [2.45, 2.75) is 39.3 Å². The van der Waals surface area contributed by atoms with Gasteiger partial charge in [0, 0.05) is 34.3 Å². The molecule has 0 amide bonds. The second kappa shape index (κ2) is 7.68. The van der Waals surface area contributed by atoms with Crippen LogP contribution in [-0.4, -0.2) is 23.5 Å². The van der Waals surface area contributed by atoms with Crippen LogP contribution in [0.15, 0.2) is 36.4 Å². The fourth-order valence-electron chi connectivity index (χ4n) is 2.51. The summed E-state index contributed by atoms with van der Waals surface area (Å²) in [7, 11) is 0. The molecular formula is C18H23NO2S. The lowest BCUT2D eigenvalue weighted by Crippen LogP contribution is -2.33. The van der Waals surface area contributed by atoms with E-state index >= 15 is 0 Å². The Morgan fingerprint density at radius 2 is 1.95 bits per heavy atom. The molecule has 2 unspecified atom stereocenters. The predicted octanol–water partition coefficient (Wildman–Crippen LogP) is 3.65. The SMILES string of the molecule is Cc1cc(C(=O)CCNC(C)C(O)c2ccccc2)c(C)s1. The molecule has 1 aromatic carbocycles. The molecule has 0 aliphatic rings. The Kier molecular flexibility index (Phi) is 5.89. The van der Waals surface area contributed by atoms with E-state index in [-0.39, 0.29) is 11.8 Å². The third-order valence-electron chi connectivity index (χ3n) is 3.77. The van der Waals surface area contributed by atoms with Crippen LogP contribution in [0.5, 0.6) is 0 Å². The average molecular weight is 317 g/mol. The van der Waals surface area contributed by atoms with E-state index in [0.29, 0.717) is 13.0 Å². The number of hydrogen-bond acceptors (Lipinski definition) is 4. The maximum Gasteiger partial charge on any atom is 0.165 e. The van der Waals surface area contributed by atoms with E-state index in [1.54, 1.807) is 11.3 Å². The van der Waals surface area contributed by atoms with E-state index in [1.807, 2.05) is 57.2 Å². The number of Topliss-reactive ketones (excluding diaryl/α,β-unsaturated/α-hetero) is 1. The third-order valence-corrected chi connectivity index (χ3v) is 4.74. The number of thiophene rings is 1. The zero-order valence-corrected chi connectivity index (χ0v) is 14.1. The Balaban J connectivity index is 1.83. The highest BCUT2D eigenvalue weighted by Gasteiger charge is 2.17. The van der Waals surface area contributed by atoms with Crippen LogP contribution in [0, 0.1) is 13.8 Å². The van der Waals surface area contributed by atoms with Gasteiger partial charge in [-0.3, -0.25) is 4.79 Å². The predicted molar refractivity (Wildman–Crippen MR) is 91.6 cm³/mol. The van der Waals surface area contributed by atoms with E-state index in [9.17, 15) is 9.90 Å². The van der Waals surface area contributed by atoms with Crippen molar-refractivity contribution in [3.8, 4) is 0 Å². The highest BCUT2D eigenvalue weighted by Crippen LogP contribution is 2.22. The Labute approximate surface area is 136 Å². The molecule has 2 atom stereocenters. The molecule has 118 valence electrons. The first-order chi connectivity index (χ1) is 10.5. The lowest BCUT2D eigenvalue weighted by Gasteiger charge is -2.20. The molecule has 0 fully saturated rings. The summed E-state index contributed by atoms with van der Waals surface area (Å²) in [6.07, 6.45) is -0.121.